The molecule has 0 aliphatic rings. The number of alkyl carbamates (subject to hydrolysis) is 1. The van der Waals surface area contributed by atoms with Crippen LogP contribution in [-0.2, 0) is 20.7 Å². The van der Waals surface area contributed by atoms with Crippen LogP contribution in [0.15, 0.2) is 24.3 Å². The largest absolute Gasteiger partial charge is 0.467 e. The molecule has 1 unspecified atom stereocenters. The van der Waals surface area contributed by atoms with Gasteiger partial charge in [-0.25, -0.2) is 9.59 Å². The lowest BCUT2D eigenvalue weighted by Crippen LogP contribution is -2.45. The van der Waals surface area contributed by atoms with Gasteiger partial charge in [0.15, 0.2) is 0 Å². The van der Waals surface area contributed by atoms with Gasteiger partial charge in [-0.15, -0.1) is 0 Å². The fourth-order valence-electron chi connectivity index (χ4n) is 1.77. The van der Waals surface area contributed by atoms with Crippen molar-refractivity contribution < 1.29 is 19.1 Å². The first kappa shape index (κ1) is 17.7. The van der Waals surface area contributed by atoms with Crippen LogP contribution in [0.1, 0.15) is 31.9 Å². The summed E-state index contributed by atoms with van der Waals surface area (Å²) in [5.74, 6) is -0.540. The molecule has 0 saturated heterocycles. The second kappa shape index (κ2) is 7.59. The minimum atomic E-state index is -0.828. The van der Waals surface area contributed by atoms with Gasteiger partial charge in [0.05, 0.1) is 7.11 Å². The lowest BCUT2D eigenvalue weighted by molar-refractivity contribution is -0.143. The molecule has 0 heterocycles. The number of rotatable bonds is 5. The average molecular weight is 306 g/mol. The van der Waals surface area contributed by atoms with Gasteiger partial charge >= 0.3 is 12.1 Å². The molecule has 1 amide bonds. The van der Waals surface area contributed by atoms with Gasteiger partial charge in [-0.2, -0.15) is 0 Å². The number of carbonyl (C=O) groups excluding carboxylic acids is 2. The summed E-state index contributed by atoms with van der Waals surface area (Å²) in [5, 5.41) is 9.68. The fourth-order valence-corrected chi connectivity index (χ4v) is 1.77. The van der Waals surface area contributed by atoms with Crippen molar-refractivity contribution in [3.05, 3.63) is 35.4 Å². The van der Waals surface area contributed by atoms with E-state index < -0.39 is 23.7 Å². The zero-order valence-corrected chi connectivity index (χ0v) is 13.3. The average Bonchev–Trinajstić information content (AvgIpc) is 2.44. The molecule has 1 aromatic rings. The van der Waals surface area contributed by atoms with Gasteiger partial charge in [-0.3, -0.25) is 0 Å². The summed E-state index contributed by atoms with van der Waals surface area (Å²) in [6.45, 7) is 5.24. The molecule has 0 spiro atoms. The first-order valence-corrected chi connectivity index (χ1v) is 6.92. The molecule has 0 fully saturated rings. The molecule has 120 valence electrons. The normalized spacial score (nSPS) is 12.2. The number of hydrogen-bond donors (Lipinski definition) is 2. The summed E-state index contributed by atoms with van der Waals surface area (Å²) in [6.07, 6.45) is 0.851. The van der Waals surface area contributed by atoms with Crippen LogP contribution in [0.4, 0.5) is 4.79 Å². The molecule has 1 aromatic carbocycles. The number of nitrogens with one attached hydrogen (secondary N) is 2. The van der Waals surface area contributed by atoms with Crippen molar-refractivity contribution in [3.8, 4) is 0 Å². The van der Waals surface area contributed by atoms with Crippen molar-refractivity contribution >= 4 is 18.3 Å². The summed E-state index contributed by atoms with van der Waals surface area (Å²) in [4.78, 5) is 23.6. The fraction of sp³-hybridized carbons (Fsp3) is 0.438. The summed E-state index contributed by atoms with van der Waals surface area (Å²) >= 11 is 0. The Morgan fingerprint density at radius 2 is 1.86 bits per heavy atom. The molecule has 0 bridgehead atoms. The van der Waals surface area contributed by atoms with E-state index in [4.69, 9.17) is 14.9 Å². The Hall–Kier alpha value is -2.37. The molecule has 2 N–H and O–H groups in total. The van der Waals surface area contributed by atoms with Crippen molar-refractivity contribution in [2.24, 2.45) is 0 Å². The molecular formula is C16H22N2O4. The summed E-state index contributed by atoms with van der Waals surface area (Å²) in [6, 6.07) is 6.31. The Morgan fingerprint density at radius 1 is 1.27 bits per heavy atom. The van der Waals surface area contributed by atoms with E-state index in [2.05, 4.69) is 5.32 Å². The Balaban J connectivity index is 2.77. The SMILES string of the molecule is COC(=O)C(Cc1ccc(C=N)cc1)NC(=O)OC(C)(C)C. The monoisotopic (exact) mass is 306 g/mol. The molecule has 0 aromatic heterocycles. The van der Waals surface area contributed by atoms with Crippen LogP contribution in [0.25, 0.3) is 0 Å². The van der Waals surface area contributed by atoms with Crippen molar-refractivity contribution in [2.75, 3.05) is 7.11 Å². The van der Waals surface area contributed by atoms with E-state index in [1.807, 2.05) is 0 Å². The van der Waals surface area contributed by atoms with Crippen molar-refractivity contribution in [3.63, 3.8) is 0 Å². The van der Waals surface area contributed by atoms with Gasteiger partial charge in [0.1, 0.15) is 11.6 Å². The molecule has 1 atom stereocenters. The third-order valence-electron chi connectivity index (χ3n) is 2.76. The molecule has 1 rings (SSSR count). The molecule has 0 saturated carbocycles. The minimum absolute atomic E-state index is 0.282. The number of carbonyl (C=O) groups is 2. The predicted molar refractivity (Wildman–Crippen MR) is 83.2 cm³/mol. The Bertz CT molecular complexity index is 532. The van der Waals surface area contributed by atoms with E-state index in [9.17, 15) is 9.59 Å². The molecule has 0 radical (unpaired) electrons. The minimum Gasteiger partial charge on any atom is -0.467 e. The highest BCUT2D eigenvalue weighted by Gasteiger charge is 2.25. The van der Waals surface area contributed by atoms with E-state index in [0.717, 1.165) is 11.1 Å². The maximum absolute atomic E-state index is 11.8. The highest BCUT2D eigenvalue weighted by Crippen LogP contribution is 2.10. The number of esters is 1. The van der Waals surface area contributed by atoms with Crippen molar-refractivity contribution in [1.82, 2.24) is 5.32 Å². The first-order valence-electron chi connectivity index (χ1n) is 6.92. The lowest BCUT2D eigenvalue weighted by Gasteiger charge is -2.22. The smallest absolute Gasteiger partial charge is 0.408 e. The van der Waals surface area contributed by atoms with Crippen LogP contribution in [-0.4, -0.2) is 37.0 Å². The summed E-state index contributed by atoms with van der Waals surface area (Å²) < 4.78 is 9.86. The van der Waals surface area contributed by atoms with Gasteiger partial charge in [0, 0.05) is 12.6 Å². The molecule has 6 nitrogen and oxygen atoms in total. The summed E-state index contributed by atoms with van der Waals surface area (Å²) in [5.41, 5.74) is 0.964. The second-order valence-electron chi connectivity index (χ2n) is 5.81. The van der Waals surface area contributed by atoms with Gasteiger partial charge in [0.2, 0.25) is 0 Å². The number of ether oxygens (including phenoxy) is 2. The topological polar surface area (TPSA) is 88.5 Å². The van der Waals surface area contributed by atoms with Crippen LogP contribution >= 0.6 is 0 Å². The van der Waals surface area contributed by atoms with E-state index >= 15 is 0 Å². The Kier molecular flexibility index (Phi) is 6.10. The Labute approximate surface area is 130 Å². The van der Waals surface area contributed by atoms with E-state index in [0.29, 0.717) is 0 Å². The zero-order valence-electron chi connectivity index (χ0n) is 13.3. The van der Waals surface area contributed by atoms with Crippen LogP contribution < -0.4 is 5.32 Å². The van der Waals surface area contributed by atoms with Crippen LogP contribution in [0.5, 0.6) is 0 Å². The van der Waals surface area contributed by atoms with Crippen LogP contribution in [0, 0.1) is 5.41 Å². The van der Waals surface area contributed by atoms with E-state index in [1.165, 1.54) is 13.3 Å². The number of benzene rings is 1. The molecule has 22 heavy (non-hydrogen) atoms. The molecule has 6 heteroatoms. The van der Waals surface area contributed by atoms with E-state index in [1.54, 1.807) is 45.0 Å². The molecule has 0 aliphatic carbocycles. The highest BCUT2D eigenvalue weighted by atomic mass is 16.6. The summed E-state index contributed by atoms with van der Waals surface area (Å²) in [7, 11) is 1.27. The zero-order chi connectivity index (χ0) is 16.8. The lowest BCUT2D eigenvalue weighted by atomic mass is 10.0. The van der Waals surface area contributed by atoms with Crippen LogP contribution in [0.3, 0.4) is 0 Å². The number of hydrogen-bond acceptors (Lipinski definition) is 5. The maximum atomic E-state index is 11.8. The number of methoxy groups -OCH3 is 1. The molecule has 0 aliphatic heterocycles. The first-order chi connectivity index (χ1) is 10.2. The van der Waals surface area contributed by atoms with Gasteiger partial charge in [-0.1, -0.05) is 24.3 Å². The third kappa shape index (κ3) is 5.95. The third-order valence-corrected chi connectivity index (χ3v) is 2.76. The second-order valence-corrected chi connectivity index (χ2v) is 5.81. The van der Waals surface area contributed by atoms with Gasteiger partial charge < -0.3 is 20.2 Å². The maximum Gasteiger partial charge on any atom is 0.408 e. The highest BCUT2D eigenvalue weighted by molar-refractivity contribution is 5.82. The molecular weight excluding hydrogens is 284 g/mol. The number of amides is 1. The van der Waals surface area contributed by atoms with Gasteiger partial charge in [-0.05, 0) is 31.9 Å². The van der Waals surface area contributed by atoms with E-state index in [-0.39, 0.29) is 6.42 Å². The van der Waals surface area contributed by atoms with Crippen LogP contribution in [0.2, 0.25) is 0 Å². The Morgan fingerprint density at radius 3 is 2.32 bits per heavy atom. The van der Waals surface area contributed by atoms with Gasteiger partial charge in [0.25, 0.3) is 0 Å². The van der Waals surface area contributed by atoms with Crippen molar-refractivity contribution in [1.29, 1.82) is 5.41 Å². The van der Waals surface area contributed by atoms with Crippen molar-refractivity contribution in [2.45, 2.75) is 38.8 Å². The standard InChI is InChI=1S/C16H22N2O4/c1-16(2,3)22-15(20)18-13(14(19)21-4)9-11-5-7-12(10-17)8-6-11/h5-8,10,13,17H,9H2,1-4H3,(H,18,20). The predicted octanol–water partition coefficient (Wildman–Crippen LogP) is 2.29. The quantitative estimate of drug-likeness (QED) is 0.645.